The van der Waals surface area contributed by atoms with Crippen LogP contribution in [0.2, 0.25) is 5.15 Å². The molecule has 0 atom stereocenters. The Morgan fingerprint density at radius 1 is 1.35 bits per heavy atom. The molecular weight excluding hydrogens is 306 g/mol. The largest absolute Gasteiger partial charge is 0.457 e. The van der Waals surface area contributed by atoms with Gasteiger partial charge in [0.1, 0.15) is 0 Å². The summed E-state index contributed by atoms with van der Waals surface area (Å²) in [6, 6.07) is 0. The van der Waals surface area contributed by atoms with Crippen LogP contribution in [-0.2, 0) is 25.6 Å². The molecule has 0 amide bonds. The highest BCUT2D eigenvalue weighted by Gasteiger charge is 2.22. The molecular formula is C11H12ClN3O4S. The van der Waals surface area contributed by atoms with Crippen molar-refractivity contribution in [3.63, 3.8) is 0 Å². The van der Waals surface area contributed by atoms with Crippen molar-refractivity contribution in [3.05, 3.63) is 23.0 Å². The Hall–Kier alpha value is -1.51. The summed E-state index contributed by atoms with van der Waals surface area (Å²) in [4.78, 5) is 27.8. The number of aromatic nitrogens is 2. The number of ether oxygens (including phenoxy) is 1. The van der Waals surface area contributed by atoms with E-state index in [1.54, 1.807) is 0 Å². The lowest BCUT2D eigenvalue weighted by atomic mass is 10.3. The Bertz CT molecular complexity index is 520. The SMILES string of the molecule is O=C(OCCc1nsnc1Cl)C(=O)ON1CC=CCC1. The molecule has 7 nitrogen and oxygen atoms in total. The van der Waals surface area contributed by atoms with E-state index in [0.29, 0.717) is 25.2 Å². The summed E-state index contributed by atoms with van der Waals surface area (Å²) < 4.78 is 12.5. The molecule has 1 aliphatic rings. The Balaban J connectivity index is 1.70. The van der Waals surface area contributed by atoms with Crippen molar-refractivity contribution >= 4 is 35.3 Å². The van der Waals surface area contributed by atoms with Gasteiger partial charge in [0.15, 0.2) is 5.15 Å². The molecule has 1 aromatic heterocycles. The van der Waals surface area contributed by atoms with Gasteiger partial charge >= 0.3 is 11.9 Å². The molecule has 9 heteroatoms. The minimum absolute atomic E-state index is 0.00102. The van der Waals surface area contributed by atoms with Gasteiger partial charge in [0, 0.05) is 13.0 Å². The van der Waals surface area contributed by atoms with E-state index in [-0.39, 0.29) is 11.8 Å². The van der Waals surface area contributed by atoms with Crippen molar-refractivity contribution in [3.8, 4) is 0 Å². The lowest BCUT2D eigenvalue weighted by Gasteiger charge is -2.20. The average Bonchev–Trinajstić information content (AvgIpc) is 2.85. The first-order valence-corrected chi connectivity index (χ1v) is 7.03. The number of hydrogen-bond donors (Lipinski definition) is 0. The Labute approximate surface area is 124 Å². The molecule has 2 heterocycles. The van der Waals surface area contributed by atoms with Crippen molar-refractivity contribution < 1.29 is 19.2 Å². The summed E-state index contributed by atoms with van der Waals surface area (Å²) in [6.45, 7) is 1.04. The van der Waals surface area contributed by atoms with Gasteiger partial charge in [-0.05, 0) is 6.42 Å². The van der Waals surface area contributed by atoms with Crippen molar-refractivity contribution in [2.24, 2.45) is 0 Å². The topological polar surface area (TPSA) is 81.6 Å². The highest BCUT2D eigenvalue weighted by Crippen LogP contribution is 2.12. The number of nitrogens with zero attached hydrogens (tertiary/aromatic N) is 3. The first-order valence-electron chi connectivity index (χ1n) is 5.92. The number of carbonyl (C=O) groups excluding carboxylic acids is 2. The average molecular weight is 318 g/mol. The Morgan fingerprint density at radius 2 is 2.20 bits per heavy atom. The van der Waals surface area contributed by atoms with Gasteiger partial charge in [-0.25, -0.2) is 9.59 Å². The van der Waals surface area contributed by atoms with Crippen LogP contribution in [0, 0.1) is 0 Å². The molecule has 1 aromatic rings. The van der Waals surface area contributed by atoms with Crippen LogP contribution < -0.4 is 0 Å². The van der Waals surface area contributed by atoms with Gasteiger partial charge in [-0.2, -0.15) is 8.75 Å². The molecule has 0 spiro atoms. The maximum absolute atomic E-state index is 11.5. The number of halogens is 1. The minimum Gasteiger partial charge on any atom is -0.457 e. The molecule has 108 valence electrons. The van der Waals surface area contributed by atoms with Gasteiger partial charge in [-0.1, -0.05) is 23.8 Å². The van der Waals surface area contributed by atoms with E-state index in [9.17, 15) is 9.59 Å². The summed E-state index contributed by atoms with van der Waals surface area (Å²) in [5, 5.41) is 1.69. The fourth-order valence-electron chi connectivity index (χ4n) is 1.50. The zero-order chi connectivity index (χ0) is 14.4. The quantitative estimate of drug-likeness (QED) is 0.465. The third-order valence-corrected chi connectivity index (χ3v) is 3.45. The van der Waals surface area contributed by atoms with Gasteiger partial charge in [0.25, 0.3) is 0 Å². The molecule has 0 saturated carbocycles. The van der Waals surface area contributed by atoms with Crippen LogP contribution in [0.5, 0.6) is 0 Å². The zero-order valence-corrected chi connectivity index (χ0v) is 12.0. The predicted molar refractivity (Wildman–Crippen MR) is 71.0 cm³/mol. The fraction of sp³-hybridized carbons (Fsp3) is 0.455. The fourth-order valence-corrected chi connectivity index (χ4v) is 2.27. The van der Waals surface area contributed by atoms with Crippen LogP contribution in [0.15, 0.2) is 12.2 Å². The molecule has 0 bridgehead atoms. The summed E-state index contributed by atoms with van der Waals surface area (Å²) >= 11 is 6.72. The Kier molecular flexibility index (Phi) is 5.45. The van der Waals surface area contributed by atoms with Crippen molar-refractivity contribution in [2.45, 2.75) is 12.8 Å². The molecule has 0 radical (unpaired) electrons. The maximum Gasteiger partial charge on any atom is 0.436 e. The second-order valence-corrected chi connectivity index (χ2v) is 4.80. The zero-order valence-electron chi connectivity index (χ0n) is 10.5. The molecule has 0 fully saturated rings. The van der Waals surface area contributed by atoms with E-state index in [1.807, 2.05) is 12.2 Å². The first-order chi connectivity index (χ1) is 9.66. The summed E-state index contributed by atoms with van der Waals surface area (Å²) in [5.74, 6) is -2.05. The van der Waals surface area contributed by atoms with Crippen LogP contribution in [0.25, 0.3) is 0 Å². The molecule has 0 aliphatic carbocycles. The predicted octanol–water partition coefficient (Wildman–Crippen LogP) is 0.997. The van der Waals surface area contributed by atoms with E-state index in [1.165, 1.54) is 5.06 Å². The highest BCUT2D eigenvalue weighted by atomic mass is 35.5. The molecule has 1 aliphatic heterocycles. The van der Waals surface area contributed by atoms with E-state index in [2.05, 4.69) is 8.75 Å². The molecule has 0 aromatic carbocycles. The van der Waals surface area contributed by atoms with Gasteiger partial charge in [0.05, 0.1) is 30.6 Å². The lowest BCUT2D eigenvalue weighted by Crippen LogP contribution is -2.34. The molecule has 20 heavy (non-hydrogen) atoms. The number of rotatable bonds is 4. The minimum atomic E-state index is -1.03. The van der Waals surface area contributed by atoms with Gasteiger partial charge in [-0.15, -0.1) is 5.06 Å². The maximum atomic E-state index is 11.5. The molecule has 0 unspecified atom stereocenters. The monoisotopic (exact) mass is 317 g/mol. The van der Waals surface area contributed by atoms with Gasteiger partial charge < -0.3 is 9.57 Å². The highest BCUT2D eigenvalue weighted by molar-refractivity contribution is 6.99. The number of carbonyl (C=O) groups is 2. The van der Waals surface area contributed by atoms with Crippen molar-refractivity contribution in [1.82, 2.24) is 13.8 Å². The molecule has 0 saturated heterocycles. The van der Waals surface area contributed by atoms with Crippen molar-refractivity contribution in [1.29, 1.82) is 0 Å². The second-order valence-electron chi connectivity index (χ2n) is 3.91. The third-order valence-electron chi connectivity index (χ3n) is 2.48. The van der Waals surface area contributed by atoms with Crippen LogP contribution >= 0.6 is 23.3 Å². The summed E-state index contributed by atoms with van der Waals surface area (Å²) in [5.41, 5.74) is 0.541. The number of hydrogen-bond acceptors (Lipinski definition) is 8. The third kappa shape index (κ3) is 4.26. The number of hydroxylamine groups is 2. The van der Waals surface area contributed by atoms with Crippen LogP contribution in [0.3, 0.4) is 0 Å². The van der Waals surface area contributed by atoms with E-state index in [0.717, 1.165) is 18.1 Å². The van der Waals surface area contributed by atoms with Crippen LogP contribution in [0.1, 0.15) is 12.1 Å². The van der Waals surface area contributed by atoms with Gasteiger partial charge in [-0.3, -0.25) is 0 Å². The number of esters is 1. The van der Waals surface area contributed by atoms with Crippen LogP contribution in [0.4, 0.5) is 0 Å². The summed E-state index contributed by atoms with van der Waals surface area (Å²) in [6.07, 6.45) is 4.92. The first kappa shape index (κ1) is 14.9. The second kappa shape index (κ2) is 7.32. The van der Waals surface area contributed by atoms with E-state index >= 15 is 0 Å². The van der Waals surface area contributed by atoms with E-state index < -0.39 is 11.9 Å². The molecule has 0 N–H and O–H groups in total. The Morgan fingerprint density at radius 3 is 2.85 bits per heavy atom. The van der Waals surface area contributed by atoms with E-state index in [4.69, 9.17) is 21.2 Å². The normalized spacial score (nSPS) is 15.1. The van der Waals surface area contributed by atoms with Crippen molar-refractivity contribution in [2.75, 3.05) is 19.7 Å². The smallest absolute Gasteiger partial charge is 0.436 e. The molecule has 2 rings (SSSR count). The standard InChI is InChI=1S/C11H12ClN3O4S/c12-9-8(13-20-14-9)4-7-18-10(16)11(17)19-15-5-2-1-3-6-15/h1-2H,3-7H2. The van der Waals surface area contributed by atoms with Crippen LogP contribution in [-0.4, -0.2) is 45.4 Å². The summed E-state index contributed by atoms with van der Waals surface area (Å²) in [7, 11) is 0. The lowest BCUT2D eigenvalue weighted by molar-refractivity contribution is -0.198. The van der Waals surface area contributed by atoms with Gasteiger partial charge in [0.2, 0.25) is 0 Å².